The van der Waals surface area contributed by atoms with Crippen LogP contribution in [0.5, 0.6) is 0 Å². The fourth-order valence-corrected chi connectivity index (χ4v) is 1.95. The summed E-state index contributed by atoms with van der Waals surface area (Å²) in [5.74, 6) is -1.33. The second-order valence-electron chi connectivity index (χ2n) is 4.48. The highest BCUT2D eigenvalue weighted by molar-refractivity contribution is 5.81. The van der Waals surface area contributed by atoms with Gasteiger partial charge in [0.1, 0.15) is 6.54 Å². The highest BCUT2D eigenvalue weighted by Crippen LogP contribution is 2.12. The summed E-state index contributed by atoms with van der Waals surface area (Å²) in [6, 6.07) is 5.57. The highest BCUT2D eigenvalue weighted by atomic mass is 16.4. The predicted molar refractivity (Wildman–Crippen MR) is 72.5 cm³/mol. The minimum Gasteiger partial charge on any atom is -0.480 e. The summed E-state index contributed by atoms with van der Waals surface area (Å²) >= 11 is 0. The van der Waals surface area contributed by atoms with Crippen LogP contribution in [0.4, 0.5) is 0 Å². The van der Waals surface area contributed by atoms with Crippen molar-refractivity contribution in [2.75, 3.05) is 6.54 Å². The largest absolute Gasteiger partial charge is 0.480 e. The molecule has 0 saturated heterocycles. The van der Waals surface area contributed by atoms with E-state index >= 15 is 0 Å². The topological polar surface area (TPSA) is 115 Å². The SMILES string of the molecule is O=C(O)CNC(=O)CCCc1ccc2[nH]c(=O)[nH]c2c1. The van der Waals surface area contributed by atoms with Gasteiger partial charge in [-0.25, -0.2) is 4.79 Å². The number of imidazole rings is 1. The van der Waals surface area contributed by atoms with E-state index in [-0.39, 0.29) is 24.6 Å². The maximum absolute atomic E-state index is 11.3. The summed E-state index contributed by atoms with van der Waals surface area (Å²) in [5.41, 5.74) is 2.25. The maximum Gasteiger partial charge on any atom is 0.323 e. The third-order valence-electron chi connectivity index (χ3n) is 2.89. The molecule has 1 heterocycles. The van der Waals surface area contributed by atoms with Crippen LogP contribution in [0.25, 0.3) is 11.0 Å². The molecule has 2 rings (SSSR count). The molecule has 0 atom stereocenters. The molecule has 0 aliphatic rings. The highest BCUT2D eigenvalue weighted by Gasteiger charge is 2.05. The third-order valence-corrected chi connectivity index (χ3v) is 2.89. The Hall–Kier alpha value is -2.57. The Balaban J connectivity index is 1.84. The van der Waals surface area contributed by atoms with Gasteiger partial charge in [0.15, 0.2) is 0 Å². The molecule has 0 aliphatic carbocycles. The fourth-order valence-electron chi connectivity index (χ4n) is 1.95. The van der Waals surface area contributed by atoms with Gasteiger partial charge < -0.3 is 20.4 Å². The number of nitrogens with one attached hydrogen (secondary N) is 3. The van der Waals surface area contributed by atoms with Crippen molar-refractivity contribution in [3.63, 3.8) is 0 Å². The summed E-state index contributed by atoms with van der Waals surface area (Å²) in [5, 5.41) is 10.7. The van der Waals surface area contributed by atoms with Crippen molar-refractivity contribution in [3.8, 4) is 0 Å². The number of carbonyl (C=O) groups is 2. The van der Waals surface area contributed by atoms with Crippen molar-refractivity contribution in [2.45, 2.75) is 19.3 Å². The van der Waals surface area contributed by atoms with E-state index in [4.69, 9.17) is 5.11 Å². The number of aromatic nitrogens is 2. The first kappa shape index (κ1) is 13.9. The molecule has 0 fully saturated rings. The second-order valence-corrected chi connectivity index (χ2v) is 4.48. The maximum atomic E-state index is 11.3. The predicted octanol–water partition coefficient (Wildman–Crippen LogP) is 0.380. The first-order chi connectivity index (χ1) is 9.54. The van der Waals surface area contributed by atoms with E-state index in [2.05, 4.69) is 15.3 Å². The molecule has 0 spiro atoms. The molecule has 0 unspecified atom stereocenters. The number of carboxylic acid groups (broad SMARTS) is 1. The summed E-state index contributed by atoms with van der Waals surface area (Å²) in [7, 11) is 0. The number of carbonyl (C=O) groups excluding carboxylic acids is 1. The van der Waals surface area contributed by atoms with E-state index in [0.717, 1.165) is 16.6 Å². The number of H-pyrrole nitrogens is 2. The van der Waals surface area contributed by atoms with Gasteiger partial charge in [0.05, 0.1) is 11.0 Å². The molecule has 20 heavy (non-hydrogen) atoms. The Morgan fingerprint density at radius 3 is 2.70 bits per heavy atom. The van der Waals surface area contributed by atoms with E-state index in [9.17, 15) is 14.4 Å². The average Bonchev–Trinajstić information content (AvgIpc) is 2.75. The van der Waals surface area contributed by atoms with Crippen molar-refractivity contribution >= 4 is 22.9 Å². The van der Waals surface area contributed by atoms with E-state index in [0.29, 0.717) is 12.8 Å². The van der Waals surface area contributed by atoms with Crippen LogP contribution in [0, 0.1) is 0 Å². The number of carboxylic acids is 1. The summed E-state index contributed by atoms with van der Waals surface area (Å²) < 4.78 is 0. The third kappa shape index (κ3) is 3.71. The average molecular weight is 277 g/mol. The molecule has 0 aliphatic heterocycles. The Bertz CT molecular complexity index is 686. The molecule has 0 bridgehead atoms. The molecule has 2 aromatic rings. The van der Waals surface area contributed by atoms with E-state index < -0.39 is 5.97 Å². The molecule has 4 N–H and O–H groups in total. The van der Waals surface area contributed by atoms with Gasteiger partial charge in [-0.1, -0.05) is 6.07 Å². The quantitative estimate of drug-likeness (QED) is 0.611. The van der Waals surface area contributed by atoms with Crippen LogP contribution in [0.1, 0.15) is 18.4 Å². The van der Waals surface area contributed by atoms with Crippen LogP contribution < -0.4 is 11.0 Å². The van der Waals surface area contributed by atoms with Gasteiger partial charge in [-0.3, -0.25) is 9.59 Å². The zero-order valence-corrected chi connectivity index (χ0v) is 10.7. The molecular formula is C13H15N3O4. The molecule has 1 aromatic heterocycles. The first-order valence-corrected chi connectivity index (χ1v) is 6.24. The lowest BCUT2D eigenvalue weighted by Gasteiger charge is -2.03. The molecule has 106 valence electrons. The Morgan fingerprint density at radius 1 is 1.20 bits per heavy atom. The number of rotatable bonds is 6. The molecule has 0 radical (unpaired) electrons. The first-order valence-electron chi connectivity index (χ1n) is 6.24. The zero-order chi connectivity index (χ0) is 14.5. The van der Waals surface area contributed by atoms with Crippen LogP contribution in [-0.4, -0.2) is 33.5 Å². The summed E-state index contributed by atoms with van der Waals surface area (Å²) in [4.78, 5) is 38.1. The van der Waals surface area contributed by atoms with E-state index in [1.807, 2.05) is 18.2 Å². The number of hydrogen-bond donors (Lipinski definition) is 4. The zero-order valence-electron chi connectivity index (χ0n) is 10.7. The molecule has 1 amide bonds. The van der Waals surface area contributed by atoms with Crippen molar-refractivity contribution < 1.29 is 14.7 Å². The van der Waals surface area contributed by atoms with Crippen molar-refractivity contribution in [1.29, 1.82) is 0 Å². The minimum atomic E-state index is -1.06. The molecule has 7 heteroatoms. The molecule has 7 nitrogen and oxygen atoms in total. The standard InChI is InChI=1S/C13H15N3O4/c17-11(14-7-12(18)19)3-1-2-8-4-5-9-10(6-8)16-13(20)15-9/h4-6H,1-3,7H2,(H,14,17)(H,18,19)(H2,15,16,20). The molecule has 0 saturated carbocycles. The van der Waals surface area contributed by atoms with Crippen LogP contribution in [0.15, 0.2) is 23.0 Å². The van der Waals surface area contributed by atoms with E-state index in [1.54, 1.807) is 0 Å². The normalized spacial score (nSPS) is 10.6. The minimum absolute atomic E-state index is 0.245. The lowest BCUT2D eigenvalue weighted by molar-refractivity contribution is -0.137. The number of aryl methyl sites for hydroxylation is 1. The molecule has 1 aromatic carbocycles. The number of benzene rings is 1. The smallest absolute Gasteiger partial charge is 0.323 e. The van der Waals surface area contributed by atoms with Crippen molar-refractivity contribution in [3.05, 3.63) is 34.2 Å². The summed E-state index contributed by atoms with van der Waals surface area (Å²) in [6.07, 6.45) is 1.57. The number of fused-ring (bicyclic) bond motifs is 1. The number of amides is 1. The van der Waals surface area contributed by atoms with Crippen LogP contribution in [-0.2, 0) is 16.0 Å². The Kier molecular flexibility index (Phi) is 4.19. The number of aliphatic carboxylic acids is 1. The van der Waals surface area contributed by atoms with Crippen molar-refractivity contribution in [2.24, 2.45) is 0 Å². The van der Waals surface area contributed by atoms with Gasteiger partial charge in [0.2, 0.25) is 5.91 Å². The lowest BCUT2D eigenvalue weighted by atomic mass is 10.1. The molecular weight excluding hydrogens is 262 g/mol. The van der Waals surface area contributed by atoms with Gasteiger partial charge in [0, 0.05) is 6.42 Å². The van der Waals surface area contributed by atoms with Crippen LogP contribution in [0.2, 0.25) is 0 Å². The van der Waals surface area contributed by atoms with Crippen LogP contribution in [0.3, 0.4) is 0 Å². The van der Waals surface area contributed by atoms with E-state index in [1.165, 1.54) is 0 Å². The Morgan fingerprint density at radius 2 is 1.95 bits per heavy atom. The summed E-state index contributed by atoms with van der Waals surface area (Å²) in [6.45, 7) is -0.352. The number of hydrogen-bond acceptors (Lipinski definition) is 3. The fraction of sp³-hybridized carbons (Fsp3) is 0.308. The van der Waals surface area contributed by atoms with Gasteiger partial charge in [-0.05, 0) is 30.5 Å². The second kappa shape index (κ2) is 6.05. The van der Waals surface area contributed by atoms with Gasteiger partial charge in [0.25, 0.3) is 0 Å². The van der Waals surface area contributed by atoms with Crippen LogP contribution >= 0.6 is 0 Å². The van der Waals surface area contributed by atoms with Gasteiger partial charge >= 0.3 is 11.7 Å². The monoisotopic (exact) mass is 277 g/mol. The van der Waals surface area contributed by atoms with Crippen molar-refractivity contribution in [1.82, 2.24) is 15.3 Å². The lowest BCUT2D eigenvalue weighted by Crippen LogP contribution is -2.28. The van der Waals surface area contributed by atoms with Gasteiger partial charge in [-0.15, -0.1) is 0 Å². The van der Waals surface area contributed by atoms with Gasteiger partial charge in [-0.2, -0.15) is 0 Å². The number of aromatic amines is 2. The Labute approximate surface area is 114 Å².